The fourth-order valence-corrected chi connectivity index (χ4v) is 3.87. The monoisotopic (exact) mass is 293 g/mol. The molecule has 0 spiro atoms. The average Bonchev–Trinajstić information content (AvgIpc) is 2.86. The molecule has 2 aromatic carbocycles. The molecule has 2 aliphatic rings. The summed E-state index contributed by atoms with van der Waals surface area (Å²) in [6.07, 6.45) is 5.28. The lowest BCUT2D eigenvalue weighted by molar-refractivity contribution is 0.137. The van der Waals surface area contributed by atoms with Gasteiger partial charge < -0.3 is 10.1 Å². The molecule has 2 atom stereocenters. The van der Waals surface area contributed by atoms with Crippen molar-refractivity contribution in [2.45, 2.75) is 50.8 Å². The van der Waals surface area contributed by atoms with Crippen molar-refractivity contribution >= 4 is 0 Å². The van der Waals surface area contributed by atoms with Crippen LogP contribution in [0.4, 0.5) is 0 Å². The molecule has 2 unspecified atom stereocenters. The maximum atomic E-state index is 6.29. The summed E-state index contributed by atoms with van der Waals surface area (Å²) in [6.45, 7) is 2.13. The van der Waals surface area contributed by atoms with E-state index in [9.17, 15) is 0 Å². The first-order chi connectivity index (χ1) is 10.8. The van der Waals surface area contributed by atoms with Crippen LogP contribution in [0.25, 0.3) is 11.1 Å². The van der Waals surface area contributed by atoms with Gasteiger partial charge in [0.15, 0.2) is 0 Å². The Labute approximate surface area is 132 Å². The Kier molecular flexibility index (Phi) is 3.63. The lowest BCUT2D eigenvalue weighted by Gasteiger charge is -2.29. The molecule has 0 amide bonds. The highest BCUT2D eigenvalue weighted by Crippen LogP contribution is 2.31. The van der Waals surface area contributed by atoms with Crippen molar-refractivity contribution in [1.82, 2.24) is 5.32 Å². The zero-order valence-electron chi connectivity index (χ0n) is 13.1. The molecule has 4 rings (SSSR count). The van der Waals surface area contributed by atoms with E-state index in [-0.39, 0.29) is 0 Å². The molecule has 0 aliphatic carbocycles. The Morgan fingerprint density at radius 1 is 0.909 bits per heavy atom. The van der Waals surface area contributed by atoms with Gasteiger partial charge in [-0.1, -0.05) is 42.0 Å². The standard InChI is InChI=1S/C20H23NO/c1-14-4-2-5-15(10-14)16-6-3-7-19(11-16)22-20-12-17-8-9-18(13-20)21-17/h2-7,10-11,17-18,20-21H,8-9,12-13H2,1H3. The van der Waals surface area contributed by atoms with E-state index in [1.807, 2.05) is 0 Å². The molecule has 2 heteroatoms. The van der Waals surface area contributed by atoms with Gasteiger partial charge in [-0.05, 0) is 55.9 Å². The number of hydrogen-bond donors (Lipinski definition) is 1. The third kappa shape index (κ3) is 2.89. The fraction of sp³-hybridized carbons (Fsp3) is 0.400. The van der Waals surface area contributed by atoms with Crippen LogP contribution in [0.3, 0.4) is 0 Å². The van der Waals surface area contributed by atoms with Gasteiger partial charge in [0, 0.05) is 12.1 Å². The summed E-state index contributed by atoms with van der Waals surface area (Å²) in [5, 5.41) is 3.67. The van der Waals surface area contributed by atoms with Crippen molar-refractivity contribution in [2.75, 3.05) is 0 Å². The molecule has 1 N–H and O–H groups in total. The van der Waals surface area contributed by atoms with Crippen LogP contribution in [0.15, 0.2) is 48.5 Å². The number of aryl methyl sites for hydroxylation is 1. The Hall–Kier alpha value is -1.80. The summed E-state index contributed by atoms with van der Waals surface area (Å²) in [7, 11) is 0. The van der Waals surface area contributed by atoms with E-state index >= 15 is 0 Å². The van der Waals surface area contributed by atoms with Gasteiger partial charge in [-0.25, -0.2) is 0 Å². The third-order valence-corrected chi connectivity index (χ3v) is 4.92. The first-order valence-electron chi connectivity index (χ1n) is 8.36. The van der Waals surface area contributed by atoms with E-state index in [0.29, 0.717) is 18.2 Å². The third-order valence-electron chi connectivity index (χ3n) is 4.92. The number of fused-ring (bicyclic) bond motifs is 2. The minimum atomic E-state index is 0.367. The molecule has 0 saturated carbocycles. The first kappa shape index (κ1) is 13.8. The Bertz CT molecular complexity index is 654. The molecular weight excluding hydrogens is 270 g/mol. The highest BCUT2D eigenvalue weighted by atomic mass is 16.5. The Morgan fingerprint density at radius 3 is 2.32 bits per heavy atom. The average molecular weight is 293 g/mol. The number of nitrogens with one attached hydrogen (secondary N) is 1. The van der Waals surface area contributed by atoms with Crippen molar-refractivity contribution in [3.05, 3.63) is 54.1 Å². The minimum absolute atomic E-state index is 0.367. The summed E-state index contributed by atoms with van der Waals surface area (Å²) in [5.41, 5.74) is 3.78. The van der Waals surface area contributed by atoms with Crippen LogP contribution in [-0.2, 0) is 0 Å². The highest BCUT2D eigenvalue weighted by Gasteiger charge is 2.34. The summed E-state index contributed by atoms with van der Waals surface area (Å²) in [5.74, 6) is 1.00. The van der Waals surface area contributed by atoms with Crippen molar-refractivity contribution in [3.8, 4) is 16.9 Å². The van der Waals surface area contributed by atoms with E-state index in [0.717, 1.165) is 18.6 Å². The number of rotatable bonds is 3. The predicted molar refractivity (Wildman–Crippen MR) is 90.2 cm³/mol. The fourth-order valence-electron chi connectivity index (χ4n) is 3.87. The second-order valence-electron chi connectivity index (χ2n) is 6.75. The summed E-state index contributed by atoms with van der Waals surface area (Å²) < 4.78 is 6.29. The molecule has 2 fully saturated rings. The molecule has 0 aromatic heterocycles. The largest absolute Gasteiger partial charge is 0.490 e. The van der Waals surface area contributed by atoms with E-state index < -0.39 is 0 Å². The van der Waals surface area contributed by atoms with Crippen LogP contribution in [0.5, 0.6) is 5.75 Å². The van der Waals surface area contributed by atoms with Crippen molar-refractivity contribution in [3.63, 3.8) is 0 Å². The lowest BCUT2D eigenvalue weighted by Crippen LogP contribution is -2.42. The number of hydrogen-bond acceptors (Lipinski definition) is 2. The Balaban J connectivity index is 1.52. The van der Waals surface area contributed by atoms with Gasteiger partial charge in [0.1, 0.15) is 11.9 Å². The molecule has 22 heavy (non-hydrogen) atoms. The van der Waals surface area contributed by atoms with Crippen LogP contribution >= 0.6 is 0 Å². The molecular formula is C20H23NO. The normalized spacial score (nSPS) is 26.9. The molecule has 0 radical (unpaired) electrons. The molecule has 2 nitrogen and oxygen atoms in total. The molecule has 114 valence electrons. The van der Waals surface area contributed by atoms with Crippen LogP contribution in [-0.4, -0.2) is 18.2 Å². The maximum absolute atomic E-state index is 6.29. The second-order valence-corrected chi connectivity index (χ2v) is 6.75. The van der Waals surface area contributed by atoms with E-state index in [4.69, 9.17) is 4.74 Å². The van der Waals surface area contributed by atoms with Gasteiger partial charge in [-0.3, -0.25) is 0 Å². The predicted octanol–water partition coefficient (Wildman–Crippen LogP) is 4.32. The SMILES string of the molecule is Cc1cccc(-c2cccc(OC3CC4CCC(C3)N4)c2)c1. The first-order valence-corrected chi connectivity index (χ1v) is 8.36. The van der Waals surface area contributed by atoms with Crippen LogP contribution in [0, 0.1) is 6.92 Å². The summed E-state index contributed by atoms with van der Waals surface area (Å²) in [6, 6.07) is 18.5. The van der Waals surface area contributed by atoms with Crippen molar-refractivity contribution in [2.24, 2.45) is 0 Å². The van der Waals surface area contributed by atoms with Gasteiger partial charge in [0.2, 0.25) is 0 Å². The van der Waals surface area contributed by atoms with Crippen LogP contribution < -0.4 is 10.1 Å². The molecule has 2 aromatic rings. The van der Waals surface area contributed by atoms with Crippen LogP contribution in [0.2, 0.25) is 0 Å². The van der Waals surface area contributed by atoms with Gasteiger partial charge in [-0.15, -0.1) is 0 Å². The minimum Gasteiger partial charge on any atom is -0.490 e. The second kappa shape index (κ2) is 5.77. The van der Waals surface area contributed by atoms with E-state index in [2.05, 4.69) is 60.8 Å². The van der Waals surface area contributed by atoms with E-state index in [1.54, 1.807) is 0 Å². The van der Waals surface area contributed by atoms with Gasteiger partial charge in [0.05, 0.1) is 0 Å². The Morgan fingerprint density at radius 2 is 1.59 bits per heavy atom. The highest BCUT2D eigenvalue weighted by molar-refractivity contribution is 5.65. The molecule has 2 heterocycles. The number of ether oxygens (including phenoxy) is 1. The topological polar surface area (TPSA) is 21.3 Å². The zero-order chi connectivity index (χ0) is 14.9. The van der Waals surface area contributed by atoms with Gasteiger partial charge in [0.25, 0.3) is 0 Å². The van der Waals surface area contributed by atoms with Crippen molar-refractivity contribution in [1.29, 1.82) is 0 Å². The molecule has 2 bridgehead atoms. The lowest BCUT2D eigenvalue weighted by atomic mass is 10.0. The van der Waals surface area contributed by atoms with Gasteiger partial charge >= 0.3 is 0 Å². The van der Waals surface area contributed by atoms with E-state index in [1.165, 1.54) is 29.5 Å². The maximum Gasteiger partial charge on any atom is 0.120 e. The summed E-state index contributed by atoms with van der Waals surface area (Å²) >= 11 is 0. The summed E-state index contributed by atoms with van der Waals surface area (Å²) in [4.78, 5) is 0. The van der Waals surface area contributed by atoms with Crippen molar-refractivity contribution < 1.29 is 4.74 Å². The number of piperidine rings is 1. The van der Waals surface area contributed by atoms with Crippen LogP contribution in [0.1, 0.15) is 31.2 Å². The van der Waals surface area contributed by atoms with Gasteiger partial charge in [-0.2, -0.15) is 0 Å². The zero-order valence-corrected chi connectivity index (χ0v) is 13.1. The molecule has 2 saturated heterocycles. The smallest absolute Gasteiger partial charge is 0.120 e. The quantitative estimate of drug-likeness (QED) is 0.909. The number of benzene rings is 2. The molecule has 2 aliphatic heterocycles.